The van der Waals surface area contributed by atoms with Crippen molar-refractivity contribution in [3.8, 4) is 0 Å². The smallest absolute Gasteiger partial charge is 0.243 e. The second-order valence-corrected chi connectivity index (χ2v) is 9.67. The lowest BCUT2D eigenvalue weighted by molar-refractivity contribution is -0.131. The van der Waals surface area contributed by atoms with Gasteiger partial charge in [0.2, 0.25) is 15.9 Å². The Balaban J connectivity index is 1.43. The van der Waals surface area contributed by atoms with Gasteiger partial charge in [-0.2, -0.15) is 4.31 Å². The zero-order valence-corrected chi connectivity index (χ0v) is 18.0. The molecule has 0 unspecified atom stereocenters. The van der Waals surface area contributed by atoms with Crippen molar-refractivity contribution in [2.45, 2.75) is 25.2 Å². The number of carbonyl (C=O) groups is 1. The van der Waals surface area contributed by atoms with Crippen LogP contribution in [-0.2, 0) is 21.2 Å². The maximum absolute atomic E-state index is 13.5. The first-order valence-corrected chi connectivity index (χ1v) is 11.3. The summed E-state index contributed by atoms with van der Waals surface area (Å²) in [5.41, 5.74) is 3.74. The SMILES string of the molecule is Cc1cc2occ(CC(=O)N3CCN(S(=O)(=O)c4ccc(F)c(F)c4)CC3)c2cc1C. The molecular weight excluding hydrogens is 426 g/mol. The third-order valence-electron chi connectivity index (χ3n) is 5.73. The minimum absolute atomic E-state index is 0.0809. The van der Waals surface area contributed by atoms with Crippen molar-refractivity contribution in [2.24, 2.45) is 0 Å². The van der Waals surface area contributed by atoms with E-state index in [2.05, 4.69) is 0 Å². The van der Waals surface area contributed by atoms with E-state index >= 15 is 0 Å². The average Bonchev–Trinajstić information content (AvgIpc) is 3.11. The van der Waals surface area contributed by atoms with Gasteiger partial charge in [0.05, 0.1) is 17.6 Å². The molecule has 1 aromatic heterocycles. The number of piperazine rings is 1. The molecule has 9 heteroatoms. The molecule has 3 aromatic rings. The monoisotopic (exact) mass is 448 g/mol. The van der Waals surface area contributed by atoms with E-state index in [1.165, 1.54) is 4.31 Å². The number of benzene rings is 2. The van der Waals surface area contributed by atoms with E-state index in [1.54, 1.807) is 11.2 Å². The van der Waals surface area contributed by atoms with Gasteiger partial charge in [0.1, 0.15) is 5.58 Å². The molecule has 1 amide bonds. The molecular formula is C22H22F2N2O4S. The number of nitrogens with zero attached hydrogens (tertiary/aromatic N) is 2. The van der Waals surface area contributed by atoms with Crippen molar-refractivity contribution >= 4 is 26.9 Å². The van der Waals surface area contributed by atoms with Crippen LogP contribution < -0.4 is 0 Å². The van der Waals surface area contributed by atoms with E-state index in [9.17, 15) is 22.0 Å². The molecule has 0 saturated carbocycles. The van der Waals surface area contributed by atoms with Crippen molar-refractivity contribution in [3.63, 3.8) is 0 Å². The van der Waals surface area contributed by atoms with E-state index in [0.29, 0.717) is 6.07 Å². The minimum Gasteiger partial charge on any atom is -0.464 e. The van der Waals surface area contributed by atoms with E-state index in [-0.39, 0.29) is 43.4 Å². The highest BCUT2D eigenvalue weighted by Gasteiger charge is 2.31. The topological polar surface area (TPSA) is 70.8 Å². The number of halogens is 2. The molecule has 2 heterocycles. The fourth-order valence-corrected chi connectivity index (χ4v) is 5.15. The van der Waals surface area contributed by atoms with E-state index in [4.69, 9.17) is 4.42 Å². The number of furan rings is 1. The zero-order valence-electron chi connectivity index (χ0n) is 17.2. The van der Waals surface area contributed by atoms with Crippen molar-refractivity contribution in [1.29, 1.82) is 0 Å². The minimum atomic E-state index is -3.96. The molecule has 0 atom stereocenters. The number of hydrogen-bond acceptors (Lipinski definition) is 4. The lowest BCUT2D eigenvalue weighted by atomic mass is 10.0. The molecule has 0 aliphatic carbocycles. The Kier molecular flexibility index (Phi) is 5.57. The number of carbonyl (C=O) groups excluding carboxylic acids is 1. The molecule has 6 nitrogen and oxygen atoms in total. The highest BCUT2D eigenvalue weighted by atomic mass is 32.2. The van der Waals surface area contributed by atoms with Crippen molar-refractivity contribution < 1.29 is 26.4 Å². The fourth-order valence-electron chi connectivity index (χ4n) is 3.71. The summed E-state index contributed by atoms with van der Waals surface area (Å²) in [4.78, 5) is 14.1. The lowest BCUT2D eigenvalue weighted by Crippen LogP contribution is -2.50. The normalized spacial score (nSPS) is 15.5. The van der Waals surface area contributed by atoms with Crippen LogP contribution >= 0.6 is 0 Å². The van der Waals surface area contributed by atoms with Crippen LogP contribution in [0.2, 0.25) is 0 Å². The molecule has 1 saturated heterocycles. The maximum Gasteiger partial charge on any atom is 0.243 e. The summed E-state index contributed by atoms with van der Waals surface area (Å²) < 4.78 is 58.8. The Labute approximate surface area is 179 Å². The van der Waals surface area contributed by atoms with Gasteiger partial charge in [-0.25, -0.2) is 17.2 Å². The van der Waals surface area contributed by atoms with Crippen LogP contribution in [0.4, 0.5) is 8.78 Å². The Morgan fingerprint density at radius 3 is 2.35 bits per heavy atom. The van der Waals surface area contributed by atoms with Crippen LogP contribution in [-0.4, -0.2) is 49.7 Å². The summed E-state index contributed by atoms with van der Waals surface area (Å²) in [6, 6.07) is 6.46. The summed E-state index contributed by atoms with van der Waals surface area (Å²) in [6.45, 7) is 4.59. The van der Waals surface area contributed by atoms with Gasteiger partial charge in [-0.05, 0) is 55.3 Å². The average molecular weight is 448 g/mol. The van der Waals surface area contributed by atoms with Gasteiger partial charge < -0.3 is 9.32 Å². The Morgan fingerprint density at radius 1 is 1.00 bits per heavy atom. The molecule has 4 rings (SSSR count). The first-order chi connectivity index (χ1) is 14.7. The molecule has 1 aliphatic heterocycles. The van der Waals surface area contributed by atoms with Crippen LogP contribution in [0.5, 0.6) is 0 Å². The number of rotatable bonds is 4. The highest BCUT2D eigenvalue weighted by molar-refractivity contribution is 7.89. The molecule has 0 N–H and O–H groups in total. The predicted molar refractivity (Wildman–Crippen MR) is 111 cm³/mol. The van der Waals surface area contributed by atoms with Crippen LogP contribution in [0, 0.1) is 25.5 Å². The number of aryl methyl sites for hydroxylation is 2. The van der Waals surface area contributed by atoms with Crippen molar-refractivity contribution in [1.82, 2.24) is 9.21 Å². The molecule has 31 heavy (non-hydrogen) atoms. The first-order valence-electron chi connectivity index (χ1n) is 9.87. The molecule has 0 bridgehead atoms. The van der Waals surface area contributed by atoms with Crippen LogP contribution in [0.25, 0.3) is 11.0 Å². The van der Waals surface area contributed by atoms with E-state index in [0.717, 1.165) is 39.8 Å². The predicted octanol–water partition coefficient (Wildman–Crippen LogP) is 3.40. The first kappa shape index (κ1) is 21.5. The highest BCUT2D eigenvalue weighted by Crippen LogP contribution is 2.26. The number of hydrogen-bond donors (Lipinski definition) is 0. The molecule has 1 aliphatic rings. The van der Waals surface area contributed by atoms with Crippen LogP contribution in [0.1, 0.15) is 16.7 Å². The third-order valence-corrected chi connectivity index (χ3v) is 7.63. The van der Waals surface area contributed by atoms with Gasteiger partial charge in [0.25, 0.3) is 0 Å². The van der Waals surface area contributed by atoms with E-state index in [1.807, 2.05) is 26.0 Å². The number of sulfonamides is 1. The van der Waals surface area contributed by atoms with Gasteiger partial charge in [-0.3, -0.25) is 4.79 Å². The van der Waals surface area contributed by atoms with Gasteiger partial charge in [-0.15, -0.1) is 0 Å². The number of amides is 1. The van der Waals surface area contributed by atoms with Crippen LogP contribution in [0.15, 0.2) is 45.9 Å². The summed E-state index contributed by atoms with van der Waals surface area (Å²) >= 11 is 0. The van der Waals surface area contributed by atoms with Gasteiger partial charge in [-0.1, -0.05) is 0 Å². The molecule has 1 fully saturated rings. The summed E-state index contributed by atoms with van der Waals surface area (Å²) in [5, 5.41) is 0.899. The Hall–Kier alpha value is -2.78. The summed E-state index contributed by atoms with van der Waals surface area (Å²) in [7, 11) is -3.96. The Morgan fingerprint density at radius 2 is 1.68 bits per heavy atom. The van der Waals surface area contributed by atoms with Gasteiger partial charge in [0, 0.05) is 37.1 Å². The number of fused-ring (bicyclic) bond motifs is 1. The molecule has 0 radical (unpaired) electrons. The second kappa shape index (κ2) is 8.05. The molecule has 164 valence electrons. The quantitative estimate of drug-likeness (QED) is 0.613. The lowest BCUT2D eigenvalue weighted by Gasteiger charge is -2.34. The zero-order chi connectivity index (χ0) is 22.3. The standard InChI is InChI=1S/C22H22F2N2O4S/c1-14-9-18-16(13-30-21(18)10-15(14)2)11-22(27)25-5-7-26(8-6-25)31(28,29)17-3-4-19(23)20(24)12-17/h3-4,9-10,12-13H,5-8,11H2,1-2H3. The summed E-state index contributed by atoms with van der Waals surface area (Å²) in [6.07, 6.45) is 1.75. The molecule has 2 aromatic carbocycles. The van der Waals surface area contributed by atoms with Gasteiger partial charge in [0.15, 0.2) is 11.6 Å². The Bertz CT molecular complexity index is 1260. The maximum atomic E-state index is 13.5. The van der Waals surface area contributed by atoms with Crippen molar-refractivity contribution in [2.75, 3.05) is 26.2 Å². The van der Waals surface area contributed by atoms with Gasteiger partial charge >= 0.3 is 0 Å². The van der Waals surface area contributed by atoms with E-state index < -0.39 is 21.7 Å². The van der Waals surface area contributed by atoms with Crippen molar-refractivity contribution in [3.05, 3.63) is 64.9 Å². The second-order valence-electron chi connectivity index (χ2n) is 7.73. The largest absolute Gasteiger partial charge is 0.464 e. The third kappa shape index (κ3) is 4.07. The summed E-state index contributed by atoms with van der Waals surface area (Å²) in [5.74, 6) is -2.44. The molecule has 0 spiro atoms. The van der Waals surface area contributed by atoms with Crippen LogP contribution in [0.3, 0.4) is 0 Å². The fraction of sp³-hybridized carbons (Fsp3) is 0.318.